The van der Waals surface area contributed by atoms with Gasteiger partial charge in [0, 0.05) is 11.5 Å². The molecule has 1 amide bonds. The topological polar surface area (TPSA) is 85.6 Å². The summed E-state index contributed by atoms with van der Waals surface area (Å²) in [5.74, 6) is 0.0849. The lowest BCUT2D eigenvalue weighted by molar-refractivity contribution is 0.102. The number of benzene rings is 1. The summed E-state index contributed by atoms with van der Waals surface area (Å²) in [6.45, 7) is 4.07. The number of carbonyl (C=O) groups is 1. The number of hydrogen-bond donors (Lipinski definition) is 1. The maximum atomic E-state index is 12.2. The van der Waals surface area contributed by atoms with Crippen LogP contribution in [0.4, 0.5) is 5.13 Å². The average Bonchev–Trinajstić information content (AvgIpc) is 3.19. The molecule has 0 aliphatic carbocycles. The van der Waals surface area contributed by atoms with Gasteiger partial charge >= 0.3 is 0 Å². The largest absolute Gasteiger partial charge is 0.296 e. The Morgan fingerprint density at radius 2 is 2.00 bits per heavy atom. The third kappa shape index (κ3) is 3.01. The first kappa shape index (κ1) is 14.3. The monoisotopic (exact) mass is 314 g/mol. The molecule has 0 fully saturated rings. The number of nitrogens with zero attached hydrogens (tertiary/aromatic N) is 5. The number of aromatic nitrogens is 5. The molecule has 2 aromatic heterocycles. The van der Waals surface area contributed by atoms with E-state index in [9.17, 15) is 4.79 Å². The van der Waals surface area contributed by atoms with Crippen LogP contribution in [0.5, 0.6) is 0 Å². The molecule has 0 unspecified atom stereocenters. The first-order chi connectivity index (χ1) is 10.6. The van der Waals surface area contributed by atoms with E-state index in [1.54, 1.807) is 23.1 Å². The van der Waals surface area contributed by atoms with Crippen molar-refractivity contribution in [3.63, 3.8) is 0 Å². The van der Waals surface area contributed by atoms with E-state index < -0.39 is 0 Å². The molecular formula is C14H14N6OS. The summed E-state index contributed by atoms with van der Waals surface area (Å²) >= 11 is 1.39. The van der Waals surface area contributed by atoms with Crippen LogP contribution in [0.25, 0.3) is 5.69 Å². The smallest absolute Gasteiger partial charge is 0.257 e. The van der Waals surface area contributed by atoms with Gasteiger partial charge in [0.2, 0.25) is 5.13 Å². The van der Waals surface area contributed by atoms with Gasteiger partial charge in [0.1, 0.15) is 17.7 Å². The molecule has 8 heteroatoms. The lowest BCUT2D eigenvalue weighted by Crippen LogP contribution is -2.11. The summed E-state index contributed by atoms with van der Waals surface area (Å²) in [4.78, 5) is 16.1. The number of anilines is 1. The van der Waals surface area contributed by atoms with E-state index in [4.69, 9.17) is 0 Å². The molecule has 0 bridgehead atoms. The Hall–Kier alpha value is -2.61. The van der Waals surface area contributed by atoms with Gasteiger partial charge in [-0.15, -0.1) is 10.2 Å². The lowest BCUT2D eigenvalue weighted by Gasteiger charge is -2.03. The van der Waals surface area contributed by atoms with Crippen molar-refractivity contribution >= 4 is 22.4 Å². The van der Waals surface area contributed by atoms with Crippen molar-refractivity contribution in [2.24, 2.45) is 0 Å². The van der Waals surface area contributed by atoms with E-state index in [0.29, 0.717) is 16.6 Å². The van der Waals surface area contributed by atoms with Gasteiger partial charge in [-0.25, -0.2) is 9.67 Å². The van der Waals surface area contributed by atoms with Gasteiger partial charge < -0.3 is 0 Å². The summed E-state index contributed by atoms with van der Waals surface area (Å²) in [5, 5.41) is 16.2. The Kier molecular flexibility index (Phi) is 3.92. The summed E-state index contributed by atoms with van der Waals surface area (Å²) in [5.41, 5.74) is 1.39. The van der Waals surface area contributed by atoms with Crippen LogP contribution in [-0.2, 0) is 0 Å². The Morgan fingerprint density at radius 3 is 2.59 bits per heavy atom. The number of rotatable bonds is 4. The van der Waals surface area contributed by atoms with Gasteiger partial charge in [0.15, 0.2) is 0 Å². The van der Waals surface area contributed by atoms with Crippen molar-refractivity contribution in [2.75, 3.05) is 5.32 Å². The number of nitrogens with one attached hydrogen (secondary N) is 1. The predicted molar refractivity (Wildman–Crippen MR) is 83.3 cm³/mol. The van der Waals surface area contributed by atoms with E-state index >= 15 is 0 Å². The Labute approximate surface area is 131 Å². The van der Waals surface area contributed by atoms with Crippen LogP contribution >= 0.6 is 11.3 Å². The highest BCUT2D eigenvalue weighted by Gasteiger charge is 2.12. The summed E-state index contributed by atoms with van der Waals surface area (Å²) in [7, 11) is 0. The minimum absolute atomic E-state index is 0.211. The highest BCUT2D eigenvalue weighted by molar-refractivity contribution is 7.15. The van der Waals surface area contributed by atoms with Gasteiger partial charge in [-0.05, 0) is 24.3 Å². The summed E-state index contributed by atoms with van der Waals surface area (Å²) in [6, 6.07) is 7.08. The Morgan fingerprint density at radius 1 is 1.23 bits per heavy atom. The highest BCUT2D eigenvalue weighted by atomic mass is 32.1. The first-order valence-electron chi connectivity index (χ1n) is 6.73. The normalized spacial score (nSPS) is 10.9. The van der Waals surface area contributed by atoms with Gasteiger partial charge in [-0.1, -0.05) is 25.2 Å². The SMILES string of the molecule is CC(C)c1nnc(NC(=O)c2ccc(-n3cncn3)cc2)s1. The van der Waals surface area contributed by atoms with Crippen LogP contribution in [0.1, 0.15) is 35.1 Å². The van der Waals surface area contributed by atoms with Gasteiger partial charge in [0.25, 0.3) is 5.91 Å². The third-order valence-electron chi connectivity index (χ3n) is 2.97. The molecule has 0 spiro atoms. The maximum Gasteiger partial charge on any atom is 0.257 e. The molecule has 1 aromatic carbocycles. The third-order valence-corrected chi connectivity index (χ3v) is 4.11. The van der Waals surface area contributed by atoms with Gasteiger partial charge in [-0.2, -0.15) is 5.10 Å². The molecule has 0 aliphatic heterocycles. The molecule has 1 N–H and O–H groups in total. The quantitative estimate of drug-likeness (QED) is 0.799. The Bertz CT molecular complexity index is 763. The molecule has 3 rings (SSSR count). The molecule has 7 nitrogen and oxygen atoms in total. The molecule has 2 heterocycles. The molecule has 22 heavy (non-hydrogen) atoms. The number of carbonyl (C=O) groups excluding carboxylic acids is 1. The zero-order valence-electron chi connectivity index (χ0n) is 12.1. The van der Waals surface area contributed by atoms with Crippen LogP contribution < -0.4 is 5.32 Å². The second-order valence-corrected chi connectivity index (χ2v) is 5.95. The van der Waals surface area contributed by atoms with Crippen LogP contribution in [-0.4, -0.2) is 30.9 Å². The van der Waals surface area contributed by atoms with Crippen molar-refractivity contribution in [2.45, 2.75) is 19.8 Å². The van der Waals surface area contributed by atoms with E-state index in [1.807, 2.05) is 26.0 Å². The van der Waals surface area contributed by atoms with E-state index in [1.165, 1.54) is 17.7 Å². The fraction of sp³-hybridized carbons (Fsp3) is 0.214. The Balaban J connectivity index is 1.72. The fourth-order valence-corrected chi connectivity index (χ4v) is 2.54. The summed E-state index contributed by atoms with van der Waals surface area (Å²) in [6.07, 6.45) is 3.06. The lowest BCUT2D eigenvalue weighted by atomic mass is 10.2. The molecule has 0 atom stereocenters. The zero-order valence-corrected chi connectivity index (χ0v) is 12.9. The van der Waals surface area contributed by atoms with Crippen molar-refractivity contribution in [3.8, 4) is 5.69 Å². The van der Waals surface area contributed by atoms with E-state index in [0.717, 1.165) is 10.7 Å². The highest BCUT2D eigenvalue weighted by Crippen LogP contribution is 2.22. The molecule has 0 saturated heterocycles. The zero-order chi connectivity index (χ0) is 15.5. The van der Waals surface area contributed by atoms with E-state index in [-0.39, 0.29) is 5.91 Å². The van der Waals surface area contributed by atoms with Crippen molar-refractivity contribution in [1.29, 1.82) is 0 Å². The van der Waals surface area contributed by atoms with Gasteiger partial charge in [-0.3, -0.25) is 10.1 Å². The minimum Gasteiger partial charge on any atom is -0.296 e. The van der Waals surface area contributed by atoms with Crippen LogP contribution in [0, 0.1) is 0 Å². The fourth-order valence-electron chi connectivity index (χ4n) is 1.79. The van der Waals surface area contributed by atoms with Crippen LogP contribution in [0.15, 0.2) is 36.9 Å². The molecule has 0 saturated carbocycles. The van der Waals surface area contributed by atoms with Crippen molar-refractivity contribution < 1.29 is 4.79 Å². The minimum atomic E-state index is -0.211. The molecule has 112 valence electrons. The van der Waals surface area contributed by atoms with Crippen LogP contribution in [0.2, 0.25) is 0 Å². The second kappa shape index (κ2) is 6.02. The standard InChI is InChI=1S/C14H14N6OS/c1-9(2)13-18-19-14(22-13)17-12(21)10-3-5-11(6-4-10)20-8-15-7-16-20/h3-9H,1-2H3,(H,17,19,21). The molecule has 0 aliphatic rings. The number of hydrogen-bond acceptors (Lipinski definition) is 6. The van der Waals surface area contributed by atoms with Gasteiger partial charge in [0.05, 0.1) is 5.69 Å². The summed E-state index contributed by atoms with van der Waals surface area (Å²) < 4.78 is 1.63. The van der Waals surface area contributed by atoms with Crippen molar-refractivity contribution in [3.05, 3.63) is 47.5 Å². The first-order valence-corrected chi connectivity index (χ1v) is 7.55. The molecule has 3 aromatic rings. The molecule has 0 radical (unpaired) electrons. The number of amides is 1. The maximum absolute atomic E-state index is 12.2. The average molecular weight is 314 g/mol. The second-order valence-electron chi connectivity index (χ2n) is 4.94. The predicted octanol–water partition coefficient (Wildman–Crippen LogP) is 2.49. The van der Waals surface area contributed by atoms with E-state index in [2.05, 4.69) is 25.6 Å². The molecular weight excluding hydrogens is 300 g/mol. The van der Waals surface area contributed by atoms with Crippen molar-refractivity contribution in [1.82, 2.24) is 25.0 Å². The van der Waals surface area contributed by atoms with Crippen LogP contribution in [0.3, 0.4) is 0 Å².